The van der Waals surface area contributed by atoms with Crippen molar-refractivity contribution >= 4 is 24.2 Å². The second-order valence-electron chi connectivity index (χ2n) is 1.72. The molecule has 0 unspecified atom stereocenters. The average molecular weight is 181 g/mol. The third-order valence-corrected chi connectivity index (χ3v) is 1.57. The molecule has 0 amide bonds. The van der Waals surface area contributed by atoms with Crippen LogP contribution >= 0.6 is 24.2 Å². The molecule has 10 heavy (non-hydrogen) atoms. The van der Waals surface area contributed by atoms with E-state index < -0.39 is 11.6 Å². The highest BCUT2D eigenvalue weighted by atomic mass is 35.5. The highest BCUT2D eigenvalue weighted by Gasteiger charge is 2.05. The number of hydrogen-bond donors (Lipinski definition) is 1. The van der Waals surface area contributed by atoms with Gasteiger partial charge in [0.05, 0.1) is 5.02 Å². The van der Waals surface area contributed by atoms with Crippen molar-refractivity contribution in [2.24, 2.45) is 0 Å². The summed E-state index contributed by atoms with van der Waals surface area (Å²) in [6.45, 7) is 0. The van der Waals surface area contributed by atoms with Gasteiger partial charge in [-0.15, -0.1) is 12.6 Å². The first-order valence-corrected chi connectivity index (χ1v) is 3.27. The summed E-state index contributed by atoms with van der Waals surface area (Å²) in [6, 6.07) is 1.86. The Balaban J connectivity index is 3.31. The Labute approximate surface area is 67.2 Å². The fraction of sp³-hybridized carbons (Fsp3) is 0. The molecule has 1 rings (SSSR count). The fourth-order valence-corrected chi connectivity index (χ4v) is 1.06. The third-order valence-electron chi connectivity index (χ3n) is 0.974. The summed E-state index contributed by atoms with van der Waals surface area (Å²) < 4.78 is 24.8. The van der Waals surface area contributed by atoms with Crippen LogP contribution in [-0.4, -0.2) is 0 Å². The predicted octanol–water partition coefficient (Wildman–Crippen LogP) is 2.91. The van der Waals surface area contributed by atoms with E-state index in [0.717, 1.165) is 12.1 Å². The Hall–Kier alpha value is -0.280. The third kappa shape index (κ3) is 1.41. The molecule has 0 spiro atoms. The van der Waals surface area contributed by atoms with Crippen molar-refractivity contribution in [3.63, 3.8) is 0 Å². The molecular weight excluding hydrogens is 178 g/mol. The Morgan fingerprint density at radius 3 is 2.40 bits per heavy atom. The molecule has 0 fully saturated rings. The average Bonchev–Trinajstić information content (AvgIpc) is 1.82. The Bertz CT molecular complexity index is 239. The summed E-state index contributed by atoms with van der Waals surface area (Å²) in [7, 11) is 0. The summed E-state index contributed by atoms with van der Waals surface area (Å²) in [5.74, 6) is -1.28. The maximum atomic E-state index is 12.5. The minimum absolute atomic E-state index is 0.0787. The first kappa shape index (κ1) is 7.82. The van der Waals surface area contributed by atoms with Crippen LogP contribution in [0.5, 0.6) is 0 Å². The zero-order valence-corrected chi connectivity index (χ0v) is 6.39. The van der Waals surface area contributed by atoms with Crippen molar-refractivity contribution in [1.29, 1.82) is 0 Å². The van der Waals surface area contributed by atoms with Crippen molar-refractivity contribution in [3.8, 4) is 0 Å². The molecule has 0 atom stereocenters. The molecule has 0 aromatic heterocycles. The van der Waals surface area contributed by atoms with Crippen LogP contribution in [0.1, 0.15) is 0 Å². The molecule has 0 N–H and O–H groups in total. The van der Waals surface area contributed by atoms with E-state index in [-0.39, 0.29) is 9.92 Å². The molecule has 0 aliphatic heterocycles. The molecule has 0 bridgehead atoms. The van der Waals surface area contributed by atoms with Crippen LogP contribution in [0, 0.1) is 11.6 Å². The van der Waals surface area contributed by atoms with E-state index in [4.69, 9.17) is 11.6 Å². The van der Waals surface area contributed by atoms with Gasteiger partial charge in [-0.2, -0.15) is 0 Å². The molecular formula is C6H3ClF2S. The standard InChI is InChI=1S/C6H3ClF2S/c7-4-1-3(8)2-5(10)6(4)9/h1-2,10H. The maximum Gasteiger partial charge on any atom is 0.155 e. The van der Waals surface area contributed by atoms with E-state index in [2.05, 4.69) is 12.6 Å². The predicted molar refractivity (Wildman–Crippen MR) is 38.6 cm³/mol. The molecule has 1 aromatic rings. The van der Waals surface area contributed by atoms with Gasteiger partial charge < -0.3 is 0 Å². The van der Waals surface area contributed by atoms with E-state index in [9.17, 15) is 8.78 Å². The second-order valence-corrected chi connectivity index (χ2v) is 2.61. The van der Waals surface area contributed by atoms with Crippen LogP contribution in [0.4, 0.5) is 8.78 Å². The molecule has 0 aliphatic rings. The molecule has 0 saturated heterocycles. The molecule has 0 aliphatic carbocycles. The van der Waals surface area contributed by atoms with Crippen LogP contribution in [-0.2, 0) is 0 Å². The number of hydrogen-bond acceptors (Lipinski definition) is 1. The lowest BCUT2D eigenvalue weighted by atomic mass is 10.3. The minimum atomic E-state index is -0.689. The quantitative estimate of drug-likeness (QED) is 0.461. The molecule has 0 saturated carbocycles. The Morgan fingerprint density at radius 2 is 1.90 bits per heavy atom. The Morgan fingerprint density at radius 1 is 1.30 bits per heavy atom. The summed E-state index contributed by atoms with van der Waals surface area (Å²) in [5, 5.41) is -0.245. The number of halogens is 3. The largest absolute Gasteiger partial charge is 0.207 e. The molecule has 54 valence electrons. The van der Waals surface area contributed by atoms with Crippen LogP contribution in [0.2, 0.25) is 5.02 Å². The zero-order valence-electron chi connectivity index (χ0n) is 4.74. The lowest BCUT2D eigenvalue weighted by Crippen LogP contribution is -1.82. The van der Waals surface area contributed by atoms with Gasteiger partial charge in [-0.3, -0.25) is 0 Å². The number of rotatable bonds is 0. The van der Waals surface area contributed by atoms with Crippen LogP contribution in [0.25, 0.3) is 0 Å². The van der Waals surface area contributed by atoms with Crippen molar-refractivity contribution in [3.05, 3.63) is 28.8 Å². The van der Waals surface area contributed by atoms with E-state index in [1.54, 1.807) is 0 Å². The van der Waals surface area contributed by atoms with E-state index in [0.29, 0.717) is 0 Å². The van der Waals surface area contributed by atoms with E-state index in [1.165, 1.54) is 0 Å². The number of thiol groups is 1. The van der Waals surface area contributed by atoms with Crippen molar-refractivity contribution in [2.45, 2.75) is 4.90 Å². The highest BCUT2D eigenvalue weighted by molar-refractivity contribution is 7.80. The summed E-state index contributed by atoms with van der Waals surface area (Å²) in [5.41, 5.74) is 0. The van der Waals surface area contributed by atoms with E-state index >= 15 is 0 Å². The number of benzene rings is 1. The van der Waals surface area contributed by atoms with Crippen LogP contribution in [0.3, 0.4) is 0 Å². The zero-order chi connectivity index (χ0) is 7.72. The fourth-order valence-electron chi connectivity index (χ4n) is 0.542. The summed E-state index contributed by atoms with van der Waals surface area (Å²) in [6.07, 6.45) is 0. The van der Waals surface area contributed by atoms with Crippen LogP contribution < -0.4 is 0 Å². The van der Waals surface area contributed by atoms with Gasteiger partial charge in [-0.25, -0.2) is 8.78 Å². The van der Waals surface area contributed by atoms with Gasteiger partial charge in [0.15, 0.2) is 5.82 Å². The lowest BCUT2D eigenvalue weighted by Gasteiger charge is -1.96. The highest BCUT2D eigenvalue weighted by Crippen LogP contribution is 2.22. The second kappa shape index (κ2) is 2.76. The first-order valence-electron chi connectivity index (χ1n) is 2.45. The smallest absolute Gasteiger partial charge is 0.155 e. The van der Waals surface area contributed by atoms with Gasteiger partial charge >= 0.3 is 0 Å². The van der Waals surface area contributed by atoms with Gasteiger partial charge in [-0.05, 0) is 12.1 Å². The van der Waals surface area contributed by atoms with Crippen LogP contribution in [0.15, 0.2) is 17.0 Å². The first-order chi connectivity index (χ1) is 4.61. The van der Waals surface area contributed by atoms with Crippen molar-refractivity contribution in [2.75, 3.05) is 0 Å². The normalized spacial score (nSPS) is 10.0. The van der Waals surface area contributed by atoms with Gasteiger partial charge in [0.2, 0.25) is 0 Å². The summed E-state index contributed by atoms with van der Waals surface area (Å²) in [4.78, 5) is -0.0787. The Kier molecular flexibility index (Phi) is 2.16. The summed E-state index contributed by atoms with van der Waals surface area (Å²) >= 11 is 8.89. The van der Waals surface area contributed by atoms with Gasteiger partial charge in [-0.1, -0.05) is 11.6 Å². The monoisotopic (exact) mass is 180 g/mol. The lowest BCUT2D eigenvalue weighted by molar-refractivity contribution is 0.578. The molecule has 0 heterocycles. The minimum Gasteiger partial charge on any atom is -0.207 e. The van der Waals surface area contributed by atoms with Gasteiger partial charge in [0, 0.05) is 4.90 Å². The SMILES string of the molecule is Fc1cc(S)c(F)c(Cl)c1. The molecule has 1 aromatic carbocycles. The van der Waals surface area contributed by atoms with Crippen molar-refractivity contribution < 1.29 is 8.78 Å². The topological polar surface area (TPSA) is 0 Å². The van der Waals surface area contributed by atoms with Gasteiger partial charge in [0.1, 0.15) is 5.82 Å². The molecule has 0 radical (unpaired) electrons. The van der Waals surface area contributed by atoms with Gasteiger partial charge in [0.25, 0.3) is 0 Å². The molecule has 0 nitrogen and oxygen atoms in total. The maximum absolute atomic E-state index is 12.5. The van der Waals surface area contributed by atoms with E-state index in [1.807, 2.05) is 0 Å². The molecule has 4 heteroatoms. The van der Waals surface area contributed by atoms with Crippen molar-refractivity contribution in [1.82, 2.24) is 0 Å².